The van der Waals surface area contributed by atoms with E-state index in [0.29, 0.717) is 24.5 Å². The van der Waals surface area contributed by atoms with E-state index < -0.39 is 6.04 Å². The zero-order valence-corrected chi connectivity index (χ0v) is 16.5. The van der Waals surface area contributed by atoms with Crippen molar-refractivity contribution < 1.29 is 14.3 Å². The molecule has 3 N–H and O–H groups in total. The van der Waals surface area contributed by atoms with Crippen LogP contribution < -0.4 is 15.8 Å². The highest BCUT2D eigenvalue weighted by molar-refractivity contribution is 5.95. The van der Waals surface area contributed by atoms with Gasteiger partial charge in [0.15, 0.2) is 6.61 Å². The van der Waals surface area contributed by atoms with Gasteiger partial charge in [-0.1, -0.05) is 26.8 Å². The number of ether oxygens (including phenoxy) is 1. The molecular formula is C18H30ClN3O3. The van der Waals surface area contributed by atoms with Gasteiger partial charge in [0.1, 0.15) is 5.75 Å². The minimum atomic E-state index is -0.619. The molecule has 0 spiro atoms. The second kappa shape index (κ2) is 10.3. The minimum absolute atomic E-state index is 0. The number of rotatable bonds is 7. The lowest BCUT2D eigenvalue weighted by Crippen LogP contribution is -2.45. The summed E-state index contributed by atoms with van der Waals surface area (Å²) < 4.78 is 5.53. The van der Waals surface area contributed by atoms with E-state index in [0.717, 1.165) is 0 Å². The first-order chi connectivity index (χ1) is 11.2. The highest BCUT2D eigenvalue weighted by Gasteiger charge is 2.27. The van der Waals surface area contributed by atoms with Crippen LogP contribution in [0.2, 0.25) is 0 Å². The van der Waals surface area contributed by atoms with E-state index in [1.165, 1.54) is 0 Å². The predicted molar refractivity (Wildman–Crippen MR) is 103 cm³/mol. The third kappa shape index (κ3) is 7.32. The Bertz CT molecular complexity index is 569. The maximum absolute atomic E-state index is 12.2. The molecule has 1 atom stereocenters. The van der Waals surface area contributed by atoms with Gasteiger partial charge in [-0.3, -0.25) is 9.59 Å². The first-order valence-electron chi connectivity index (χ1n) is 8.26. The van der Waals surface area contributed by atoms with Crippen LogP contribution in [-0.2, 0) is 9.59 Å². The van der Waals surface area contributed by atoms with E-state index in [1.807, 2.05) is 34.6 Å². The summed E-state index contributed by atoms with van der Waals surface area (Å²) in [6, 6.07) is 6.32. The van der Waals surface area contributed by atoms with E-state index >= 15 is 0 Å². The Balaban J connectivity index is 0.00000576. The summed E-state index contributed by atoms with van der Waals surface area (Å²) in [6.45, 7) is 10.9. The standard InChI is InChI=1S/C18H29N3O3.ClH/c1-6-21(7-2)15(22)12-24-14-10-8-9-13(11-14)20-17(23)16(19)18(3,4)5;/h8-11,16H,6-7,12,19H2,1-5H3,(H,20,23);1H/t16-;/m1./s1. The summed E-state index contributed by atoms with van der Waals surface area (Å²) in [4.78, 5) is 25.8. The van der Waals surface area contributed by atoms with Crippen LogP contribution in [0.4, 0.5) is 5.69 Å². The van der Waals surface area contributed by atoms with Gasteiger partial charge in [-0.25, -0.2) is 0 Å². The first kappa shape index (κ1) is 23.2. The van der Waals surface area contributed by atoms with Crippen molar-refractivity contribution in [1.29, 1.82) is 0 Å². The number of likely N-dealkylation sites (N-methyl/N-ethyl adjacent to an activating group) is 1. The number of benzene rings is 1. The van der Waals surface area contributed by atoms with Crippen LogP contribution in [0.1, 0.15) is 34.6 Å². The molecule has 0 aliphatic carbocycles. The van der Waals surface area contributed by atoms with Crippen molar-refractivity contribution >= 4 is 29.9 Å². The van der Waals surface area contributed by atoms with Crippen LogP contribution in [0.15, 0.2) is 24.3 Å². The summed E-state index contributed by atoms with van der Waals surface area (Å²) in [5, 5.41) is 2.78. The molecule has 7 heteroatoms. The maximum Gasteiger partial charge on any atom is 0.260 e. The third-order valence-electron chi connectivity index (χ3n) is 3.80. The predicted octanol–water partition coefficient (Wildman–Crippen LogP) is 2.67. The topological polar surface area (TPSA) is 84.7 Å². The Kier molecular flexibility index (Phi) is 9.52. The Labute approximate surface area is 156 Å². The van der Waals surface area contributed by atoms with Gasteiger partial charge in [-0.2, -0.15) is 0 Å². The third-order valence-corrected chi connectivity index (χ3v) is 3.80. The van der Waals surface area contributed by atoms with Crippen LogP contribution in [0.3, 0.4) is 0 Å². The lowest BCUT2D eigenvalue weighted by atomic mass is 9.87. The monoisotopic (exact) mass is 371 g/mol. The number of carbonyl (C=O) groups excluding carboxylic acids is 2. The molecule has 0 aliphatic rings. The molecule has 0 aliphatic heterocycles. The number of nitrogens with two attached hydrogens (primary N) is 1. The van der Waals surface area contributed by atoms with Crippen LogP contribution in [0.5, 0.6) is 5.75 Å². The lowest BCUT2D eigenvalue weighted by Gasteiger charge is -2.25. The van der Waals surface area contributed by atoms with E-state index in [4.69, 9.17) is 10.5 Å². The van der Waals surface area contributed by atoms with Crippen molar-refractivity contribution in [3.05, 3.63) is 24.3 Å². The van der Waals surface area contributed by atoms with Crippen LogP contribution in [0, 0.1) is 5.41 Å². The van der Waals surface area contributed by atoms with Gasteiger partial charge in [0.05, 0.1) is 6.04 Å². The first-order valence-corrected chi connectivity index (χ1v) is 8.26. The Morgan fingerprint density at radius 2 is 1.84 bits per heavy atom. The molecule has 25 heavy (non-hydrogen) atoms. The van der Waals surface area contributed by atoms with E-state index in [9.17, 15) is 9.59 Å². The molecule has 6 nitrogen and oxygen atoms in total. The van der Waals surface area contributed by atoms with Gasteiger partial charge in [-0.15, -0.1) is 12.4 Å². The molecule has 0 aromatic heterocycles. The number of amides is 2. The van der Waals surface area contributed by atoms with Crippen LogP contribution >= 0.6 is 12.4 Å². The average molecular weight is 372 g/mol. The van der Waals surface area contributed by atoms with Crippen molar-refractivity contribution in [2.24, 2.45) is 11.1 Å². The fraction of sp³-hybridized carbons (Fsp3) is 0.556. The van der Waals surface area contributed by atoms with Gasteiger partial charge in [-0.05, 0) is 31.4 Å². The molecular weight excluding hydrogens is 342 g/mol. The molecule has 0 saturated heterocycles. The molecule has 0 radical (unpaired) electrons. The summed E-state index contributed by atoms with van der Waals surface area (Å²) >= 11 is 0. The zero-order valence-electron chi connectivity index (χ0n) is 15.7. The smallest absolute Gasteiger partial charge is 0.260 e. The fourth-order valence-electron chi connectivity index (χ4n) is 2.09. The van der Waals surface area contributed by atoms with Gasteiger partial charge >= 0.3 is 0 Å². The molecule has 0 unspecified atom stereocenters. The largest absolute Gasteiger partial charge is 0.484 e. The summed E-state index contributed by atoms with van der Waals surface area (Å²) in [6.07, 6.45) is 0. The van der Waals surface area contributed by atoms with Crippen LogP contribution in [0.25, 0.3) is 0 Å². The van der Waals surface area contributed by atoms with Gasteiger partial charge in [0.2, 0.25) is 5.91 Å². The maximum atomic E-state index is 12.2. The second-order valence-electron chi connectivity index (χ2n) is 6.72. The van der Waals surface area contributed by atoms with E-state index in [-0.39, 0.29) is 36.2 Å². The molecule has 0 saturated carbocycles. The van der Waals surface area contributed by atoms with Crippen molar-refractivity contribution in [2.75, 3.05) is 25.0 Å². The number of hydrogen-bond donors (Lipinski definition) is 2. The molecule has 142 valence electrons. The Morgan fingerprint density at radius 1 is 1.24 bits per heavy atom. The molecule has 1 rings (SSSR count). The number of hydrogen-bond acceptors (Lipinski definition) is 4. The van der Waals surface area contributed by atoms with Crippen molar-refractivity contribution in [1.82, 2.24) is 4.90 Å². The molecule has 0 fully saturated rings. The highest BCUT2D eigenvalue weighted by atomic mass is 35.5. The quantitative estimate of drug-likeness (QED) is 0.771. The van der Waals surface area contributed by atoms with Crippen molar-refractivity contribution in [3.8, 4) is 5.75 Å². The van der Waals surface area contributed by atoms with Gasteiger partial charge < -0.3 is 20.7 Å². The molecule has 1 aromatic carbocycles. The number of anilines is 1. The Morgan fingerprint density at radius 3 is 2.36 bits per heavy atom. The summed E-state index contributed by atoms with van der Waals surface area (Å²) in [5.74, 6) is 0.209. The molecule has 0 bridgehead atoms. The number of halogens is 1. The normalized spacial score (nSPS) is 11.9. The molecule has 0 heterocycles. The second-order valence-corrected chi connectivity index (χ2v) is 6.72. The fourth-order valence-corrected chi connectivity index (χ4v) is 2.09. The summed E-state index contributed by atoms with van der Waals surface area (Å²) in [5.41, 5.74) is 6.21. The van der Waals surface area contributed by atoms with Crippen LogP contribution in [-0.4, -0.2) is 42.5 Å². The zero-order chi connectivity index (χ0) is 18.3. The number of carbonyl (C=O) groups is 2. The lowest BCUT2D eigenvalue weighted by molar-refractivity contribution is -0.133. The number of nitrogens with one attached hydrogen (secondary N) is 1. The van der Waals surface area contributed by atoms with E-state index in [1.54, 1.807) is 29.2 Å². The average Bonchev–Trinajstić information content (AvgIpc) is 2.52. The van der Waals surface area contributed by atoms with E-state index in [2.05, 4.69) is 5.32 Å². The van der Waals surface area contributed by atoms with Crippen molar-refractivity contribution in [3.63, 3.8) is 0 Å². The highest BCUT2D eigenvalue weighted by Crippen LogP contribution is 2.21. The Hall–Kier alpha value is -1.79. The SMILES string of the molecule is CCN(CC)C(=O)COc1cccc(NC(=O)[C@@H](N)C(C)(C)C)c1.Cl. The summed E-state index contributed by atoms with van der Waals surface area (Å²) in [7, 11) is 0. The van der Waals surface area contributed by atoms with Gasteiger partial charge in [0, 0.05) is 24.8 Å². The molecule has 2 amide bonds. The van der Waals surface area contributed by atoms with Crippen molar-refractivity contribution in [2.45, 2.75) is 40.7 Å². The van der Waals surface area contributed by atoms with Gasteiger partial charge in [0.25, 0.3) is 5.91 Å². The minimum Gasteiger partial charge on any atom is -0.484 e. The number of nitrogens with zero attached hydrogens (tertiary/aromatic N) is 1. The molecule has 1 aromatic rings.